The van der Waals surface area contributed by atoms with Crippen LogP contribution in [0.5, 0.6) is 11.5 Å². The summed E-state index contributed by atoms with van der Waals surface area (Å²) in [5, 5.41) is 0.597. The Labute approximate surface area is 176 Å². The number of rotatable bonds is 6. The summed E-state index contributed by atoms with van der Waals surface area (Å²) in [6, 6.07) is 14.2. The molecule has 6 nitrogen and oxygen atoms in total. The van der Waals surface area contributed by atoms with Gasteiger partial charge in [-0.2, -0.15) is 0 Å². The van der Waals surface area contributed by atoms with Crippen LogP contribution in [-0.4, -0.2) is 61.0 Å². The second kappa shape index (κ2) is 10.2. The highest BCUT2D eigenvalue weighted by Gasteiger charge is 2.23. The topological polar surface area (TPSA) is 59.1 Å². The Bertz CT molecular complexity index is 841. The fourth-order valence-electron chi connectivity index (χ4n) is 3.22. The van der Waals surface area contributed by atoms with E-state index in [1.165, 1.54) is 0 Å². The third-order valence-electron chi connectivity index (χ3n) is 4.73. The molecule has 7 heteroatoms. The van der Waals surface area contributed by atoms with E-state index in [0.29, 0.717) is 54.9 Å². The first-order chi connectivity index (χ1) is 14.1. The fraction of sp³-hybridized carbons (Fsp3) is 0.364. The van der Waals surface area contributed by atoms with Crippen molar-refractivity contribution in [3.63, 3.8) is 0 Å². The highest BCUT2D eigenvalue weighted by Crippen LogP contribution is 2.26. The molecule has 0 bridgehead atoms. The summed E-state index contributed by atoms with van der Waals surface area (Å²) < 4.78 is 11.2. The fourth-order valence-corrected chi connectivity index (χ4v) is 3.35. The van der Waals surface area contributed by atoms with Gasteiger partial charge in [0, 0.05) is 36.8 Å². The van der Waals surface area contributed by atoms with Gasteiger partial charge >= 0.3 is 0 Å². The molecule has 0 atom stereocenters. The van der Waals surface area contributed by atoms with Crippen LogP contribution < -0.4 is 9.47 Å². The lowest BCUT2D eigenvalue weighted by molar-refractivity contribution is -0.133. The average molecular weight is 417 g/mol. The highest BCUT2D eigenvalue weighted by molar-refractivity contribution is 6.30. The zero-order chi connectivity index (χ0) is 20.6. The Kier molecular flexibility index (Phi) is 7.36. The van der Waals surface area contributed by atoms with Crippen molar-refractivity contribution in [3.8, 4) is 11.5 Å². The lowest BCUT2D eigenvalue weighted by atomic mass is 10.2. The number of benzene rings is 2. The quantitative estimate of drug-likeness (QED) is 0.723. The van der Waals surface area contributed by atoms with Crippen molar-refractivity contribution in [2.24, 2.45) is 0 Å². The lowest BCUT2D eigenvalue weighted by Crippen LogP contribution is -2.39. The molecule has 0 aromatic heterocycles. The van der Waals surface area contributed by atoms with E-state index < -0.39 is 0 Å². The van der Waals surface area contributed by atoms with Gasteiger partial charge in [-0.3, -0.25) is 9.59 Å². The van der Waals surface area contributed by atoms with E-state index in [2.05, 4.69) is 0 Å². The molecule has 0 radical (unpaired) electrons. The maximum atomic E-state index is 12.7. The molecule has 1 saturated heterocycles. The first kappa shape index (κ1) is 21.0. The molecule has 2 aromatic rings. The molecule has 154 valence electrons. The van der Waals surface area contributed by atoms with E-state index >= 15 is 0 Å². The van der Waals surface area contributed by atoms with E-state index in [-0.39, 0.29) is 18.4 Å². The molecule has 29 heavy (non-hydrogen) atoms. The number of hydrogen-bond acceptors (Lipinski definition) is 4. The first-order valence-corrected chi connectivity index (χ1v) is 10.1. The number of hydrogen-bond donors (Lipinski definition) is 0. The predicted octanol–water partition coefficient (Wildman–Crippen LogP) is 3.49. The monoisotopic (exact) mass is 416 g/mol. The van der Waals surface area contributed by atoms with Crippen LogP contribution in [0, 0.1) is 0 Å². The van der Waals surface area contributed by atoms with Crippen LogP contribution in [0.4, 0.5) is 0 Å². The van der Waals surface area contributed by atoms with Gasteiger partial charge in [-0.15, -0.1) is 0 Å². The molecule has 0 unspecified atom stereocenters. The molecule has 1 fully saturated rings. The summed E-state index contributed by atoms with van der Waals surface area (Å²) >= 11 is 5.89. The molecule has 2 amide bonds. The Morgan fingerprint density at radius 1 is 0.897 bits per heavy atom. The molecule has 1 aliphatic heterocycles. The minimum Gasteiger partial charge on any atom is -0.490 e. The second-order valence-corrected chi connectivity index (χ2v) is 7.14. The Balaban J connectivity index is 1.54. The van der Waals surface area contributed by atoms with Crippen molar-refractivity contribution >= 4 is 23.4 Å². The van der Waals surface area contributed by atoms with Gasteiger partial charge in [0.25, 0.3) is 11.8 Å². The Morgan fingerprint density at radius 2 is 1.52 bits per heavy atom. The standard InChI is InChI=1S/C22H25ClN2O4/c1-2-28-19-6-3-4-7-20(19)29-16-21(26)24-12-5-13-25(15-14-24)22(27)17-8-10-18(23)11-9-17/h3-4,6-11H,2,5,12-16H2,1H3. The number of carbonyl (C=O) groups is 2. The van der Waals surface area contributed by atoms with Crippen LogP contribution in [0.3, 0.4) is 0 Å². The van der Waals surface area contributed by atoms with Crippen LogP contribution in [0.25, 0.3) is 0 Å². The molecule has 0 N–H and O–H groups in total. The van der Waals surface area contributed by atoms with Crippen LogP contribution in [-0.2, 0) is 4.79 Å². The normalized spacial score (nSPS) is 14.3. The van der Waals surface area contributed by atoms with Crippen molar-refractivity contribution in [2.75, 3.05) is 39.4 Å². The molecular weight excluding hydrogens is 392 g/mol. The molecule has 1 heterocycles. The molecule has 0 saturated carbocycles. The summed E-state index contributed by atoms with van der Waals surface area (Å²) in [5.74, 6) is 1.03. The summed E-state index contributed by atoms with van der Waals surface area (Å²) in [5.41, 5.74) is 0.602. The van der Waals surface area contributed by atoms with Crippen molar-refractivity contribution in [1.29, 1.82) is 0 Å². The van der Waals surface area contributed by atoms with Gasteiger partial charge in [0.1, 0.15) is 0 Å². The zero-order valence-corrected chi connectivity index (χ0v) is 17.2. The number of amides is 2. The molecule has 3 rings (SSSR count). The third-order valence-corrected chi connectivity index (χ3v) is 4.98. The Hall–Kier alpha value is -2.73. The minimum atomic E-state index is -0.0999. The van der Waals surface area contributed by atoms with Gasteiger partial charge in [-0.25, -0.2) is 0 Å². The Morgan fingerprint density at radius 3 is 2.21 bits per heavy atom. The third kappa shape index (κ3) is 5.64. The van der Waals surface area contributed by atoms with Crippen LogP contribution in [0.15, 0.2) is 48.5 Å². The van der Waals surface area contributed by atoms with Crippen molar-refractivity contribution in [2.45, 2.75) is 13.3 Å². The molecule has 2 aromatic carbocycles. The summed E-state index contributed by atoms with van der Waals surface area (Å²) in [6.07, 6.45) is 0.723. The van der Waals surface area contributed by atoms with Gasteiger partial charge in [0.15, 0.2) is 18.1 Å². The summed E-state index contributed by atoms with van der Waals surface area (Å²) in [6.45, 7) is 4.54. The van der Waals surface area contributed by atoms with Crippen molar-refractivity contribution in [1.82, 2.24) is 9.80 Å². The SMILES string of the molecule is CCOc1ccccc1OCC(=O)N1CCCN(C(=O)c2ccc(Cl)cc2)CC1. The molecular formula is C22H25ClN2O4. The van der Waals surface area contributed by atoms with Crippen molar-refractivity contribution in [3.05, 3.63) is 59.1 Å². The largest absolute Gasteiger partial charge is 0.490 e. The zero-order valence-electron chi connectivity index (χ0n) is 16.5. The van der Waals surface area contributed by atoms with Gasteiger partial charge in [-0.05, 0) is 49.7 Å². The van der Waals surface area contributed by atoms with Gasteiger partial charge < -0.3 is 19.3 Å². The summed E-state index contributed by atoms with van der Waals surface area (Å²) in [7, 11) is 0. The van der Waals surface area contributed by atoms with Crippen LogP contribution in [0.1, 0.15) is 23.7 Å². The molecule has 0 aliphatic carbocycles. The number of carbonyl (C=O) groups excluding carboxylic acids is 2. The highest BCUT2D eigenvalue weighted by atomic mass is 35.5. The van der Waals surface area contributed by atoms with Crippen LogP contribution in [0.2, 0.25) is 5.02 Å². The van der Waals surface area contributed by atoms with Gasteiger partial charge in [-0.1, -0.05) is 23.7 Å². The number of ether oxygens (including phenoxy) is 2. The maximum Gasteiger partial charge on any atom is 0.260 e. The number of halogens is 1. The summed E-state index contributed by atoms with van der Waals surface area (Å²) in [4.78, 5) is 28.8. The molecule has 0 spiro atoms. The predicted molar refractivity (Wildman–Crippen MR) is 112 cm³/mol. The van der Waals surface area contributed by atoms with E-state index in [4.69, 9.17) is 21.1 Å². The first-order valence-electron chi connectivity index (χ1n) is 9.75. The van der Waals surface area contributed by atoms with Gasteiger partial charge in [0.05, 0.1) is 6.61 Å². The second-order valence-electron chi connectivity index (χ2n) is 6.70. The van der Waals surface area contributed by atoms with Gasteiger partial charge in [0.2, 0.25) is 0 Å². The molecule has 1 aliphatic rings. The average Bonchev–Trinajstić information content (AvgIpc) is 2.99. The number of para-hydroxylation sites is 2. The van der Waals surface area contributed by atoms with Crippen molar-refractivity contribution < 1.29 is 19.1 Å². The minimum absolute atomic E-state index is 0.0437. The van der Waals surface area contributed by atoms with E-state index in [0.717, 1.165) is 6.42 Å². The van der Waals surface area contributed by atoms with E-state index in [1.807, 2.05) is 25.1 Å². The lowest BCUT2D eigenvalue weighted by Gasteiger charge is -2.22. The van der Waals surface area contributed by atoms with E-state index in [9.17, 15) is 9.59 Å². The van der Waals surface area contributed by atoms with Crippen LogP contribution >= 0.6 is 11.6 Å². The maximum absolute atomic E-state index is 12.7. The van der Waals surface area contributed by atoms with E-state index in [1.54, 1.807) is 40.1 Å². The number of nitrogens with zero attached hydrogens (tertiary/aromatic N) is 2. The smallest absolute Gasteiger partial charge is 0.260 e.